The lowest BCUT2D eigenvalue weighted by Gasteiger charge is -2.05. The molecule has 2 aromatic heterocycles. The van der Waals surface area contributed by atoms with Crippen LogP contribution in [-0.2, 0) is 0 Å². The van der Waals surface area contributed by atoms with Gasteiger partial charge in [0.2, 0.25) is 0 Å². The second-order valence-corrected chi connectivity index (χ2v) is 4.90. The molecule has 0 amide bonds. The van der Waals surface area contributed by atoms with E-state index in [-0.39, 0.29) is 0 Å². The predicted octanol–water partition coefficient (Wildman–Crippen LogP) is 2.99. The van der Waals surface area contributed by atoms with Gasteiger partial charge in [0.25, 0.3) is 0 Å². The van der Waals surface area contributed by atoms with Crippen LogP contribution in [0, 0.1) is 11.3 Å². The molecule has 0 saturated carbocycles. The highest BCUT2D eigenvalue weighted by atomic mass is 16.5. The Balaban J connectivity index is 1.92. The molecule has 0 unspecified atom stereocenters. The molecule has 6 nitrogen and oxygen atoms in total. The zero-order chi connectivity index (χ0) is 15.1. The van der Waals surface area contributed by atoms with Crippen LogP contribution in [0.1, 0.15) is 5.56 Å². The summed E-state index contributed by atoms with van der Waals surface area (Å²) in [6, 6.07) is 11.3. The first kappa shape index (κ1) is 12.4. The number of imidazole rings is 2. The van der Waals surface area contributed by atoms with Crippen LogP contribution >= 0.6 is 0 Å². The fourth-order valence-corrected chi connectivity index (χ4v) is 2.52. The minimum absolute atomic E-state index is 0.550. The van der Waals surface area contributed by atoms with Crippen LogP contribution in [-0.4, -0.2) is 27.0 Å². The van der Waals surface area contributed by atoms with E-state index in [0.29, 0.717) is 17.1 Å². The standard InChI is InChI=1S/C16H11N5O/c1-22-15-4-9(7-17)2-3-10(15)16-20-13-5-11-12(19-8-18-11)6-14(13)21-16/h2-6,8H,1H3,(H,18,19)(H,20,21). The average molecular weight is 289 g/mol. The molecule has 2 heterocycles. The summed E-state index contributed by atoms with van der Waals surface area (Å²) in [5.74, 6) is 1.31. The molecule has 0 bridgehead atoms. The molecule has 0 fully saturated rings. The van der Waals surface area contributed by atoms with Crippen LogP contribution in [0.5, 0.6) is 5.75 Å². The van der Waals surface area contributed by atoms with Gasteiger partial charge in [-0.2, -0.15) is 5.26 Å². The third-order valence-electron chi connectivity index (χ3n) is 3.61. The molecule has 0 aliphatic rings. The second-order valence-electron chi connectivity index (χ2n) is 4.90. The largest absolute Gasteiger partial charge is 0.496 e. The summed E-state index contributed by atoms with van der Waals surface area (Å²) < 4.78 is 5.37. The Morgan fingerprint density at radius 2 is 2.05 bits per heavy atom. The summed E-state index contributed by atoms with van der Waals surface area (Å²) in [6.07, 6.45) is 1.66. The first-order valence-corrected chi connectivity index (χ1v) is 6.70. The molecular weight excluding hydrogens is 278 g/mol. The van der Waals surface area contributed by atoms with Crippen LogP contribution in [0.3, 0.4) is 0 Å². The maximum Gasteiger partial charge on any atom is 0.142 e. The Morgan fingerprint density at radius 1 is 1.14 bits per heavy atom. The number of nitriles is 1. The molecule has 22 heavy (non-hydrogen) atoms. The Bertz CT molecular complexity index is 990. The second kappa shape index (κ2) is 4.60. The molecule has 0 atom stereocenters. The fourth-order valence-electron chi connectivity index (χ4n) is 2.52. The SMILES string of the molecule is COc1cc(C#N)ccc1-c1nc2cc3nc[nH]c3cc2[nH]1. The Morgan fingerprint density at radius 3 is 2.86 bits per heavy atom. The minimum atomic E-state index is 0.550. The van der Waals surface area contributed by atoms with Crippen molar-refractivity contribution in [2.75, 3.05) is 7.11 Å². The summed E-state index contributed by atoms with van der Waals surface area (Å²) in [7, 11) is 1.58. The van der Waals surface area contributed by atoms with Crippen molar-refractivity contribution in [3.05, 3.63) is 42.2 Å². The van der Waals surface area contributed by atoms with Gasteiger partial charge in [-0.1, -0.05) is 0 Å². The highest BCUT2D eigenvalue weighted by Gasteiger charge is 2.12. The number of benzene rings is 2. The first-order valence-electron chi connectivity index (χ1n) is 6.70. The van der Waals surface area contributed by atoms with Crippen molar-refractivity contribution in [3.8, 4) is 23.2 Å². The third-order valence-corrected chi connectivity index (χ3v) is 3.61. The van der Waals surface area contributed by atoms with Crippen molar-refractivity contribution >= 4 is 22.1 Å². The van der Waals surface area contributed by atoms with Crippen LogP contribution in [0.2, 0.25) is 0 Å². The van der Waals surface area contributed by atoms with Gasteiger partial charge in [0.05, 0.1) is 52.7 Å². The topological polar surface area (TPSA) is 90.4 Å². The normalized spacial score (nSPS) is 10.9. The van der Waals surface area contributed by atoms with E-state index in [1.54, 1.807) is 25.6 Å². The number of H-pyrrole nitrogens is 2. The van der Waals surface area contributed by atoms with Crippen molar-refractivity contribution in [3.63, 3.8) is 0 Å². The van der Waals surface area contributed by atoms with Crippen LogP contribution < -0.4 is 4.74 Å². The lowest BCUT2D eigenvalue weighted by Crippen LogP contribution is -1.90. The maximum atomic E-state index is 8.98. The number of hydrogen-bond donors (Lipinski definition) is 2. The number of fused-ring (bicyclic) bond motifs is 2. The van der Waals surface area contributed by atoms with E-state index < -0.39 is 0 Å². The quantitative estimate of drug-likeness (QED) is 0.593. The van der Waals surface area contributed by atoms with Gasteiger partial charge in [-0.15, -0.1) is 0 Å². The minimum Gasteiger partial charge on any atom is -0.496 e. The van der Waals surface area contributed by atoms with Gasteiger partial charge in [0.1, 0.15) is 11.6 Å². The molecule has 0 saturated heterocycles. The molecule has 2 aromatic carbocycles. The molecule has 0 spiro atoms. The fraction of sp³-hybridized carbons (Fsp3) is 0.0625. The average Bonchev–Trinajstić information content (AvgIpc) is 3.17. The van der Waals surface area contributed by atoms with Crippen molar-refractivity contribution < 1.29 is 4.74 Å². The van der Waals surface area contributed by atoms with Gasteiger partial charge < -0.3 is 14.7 Å². The number of hydrogen-bond acceptors (Lipinski definition) is 4. The summed E-state index contributed by atoms with van der Waals surface area (Å²) >= 11 is 0. The van der Waals surface area contributed by atoms with Gasteiger partial charge >= 0.3 is 0 Å². The van der Waals surface area contributed by atoms with E-state index in [1.165, 1.54) is 0 Å². The zero-order valence-corrected chi connectivity index (χ0v) is 11.7. The molecule has 106 valence electrons. The third kappa shape index (κ3) is 1.80. The lowest BCUT2D eigenvalue weighted by atomic mass is 10.1. The van der Waals surface area contributed by atoms with E-state index in [1.807, 2.05) is 18.2 Å². The number of aromatic nitrogens is 4. The Kier molecular flexibility index (Phi) is 2.60. The molecule has 2 N–H and O–H groups in total. The number of nitrogens with one attached hydrogen (secondary N) is 2. The molecule has 0 radical (unpaired) electrons. The van der Waals surface area contributed by atoms with E-state index in [9.17, 15) is 0 Å². The van der Waals surface area contributed by atoms with Gasteiger partial charge in [-0.05, 0) is 30.3 Å². The highest BCUT2D eigenvalue weighted by Crippen LogP contribution is 2.31. The van der Waals surface area contributed by atoms with E-state index in [0.717, 1.165) is 27.6 Å². The van der Waals surface area contributed by atoms with Crippen LogP contribution in [0.25, 0.3) is 33.5 Å². The van der Waals surface area contributed by atoms with Crippen molar-refractivity contribution in [1.29, 1.82) is 5.26 Å². The summed E-state index contributed by atoms with van der Waals surface area (Å²) in [4.78, 5) is 15.2. The van der Waals surface area contributed by atoms with E-state index in [4.69, 9.17) is 10.00 Å². The van der Waals surface area contributed by atoms with Gasteiger partial charge in [-0.25, -0.2) is 9.97 Å². The Hall–Kier alpha value is -3.33. The van der Waals surface area contributed by atoms with E-state index >= 15 is 0 Å². The predicted molar refractivity (Wildman–Crippen MR) is 82.4 cm³/mol. The van der Waals surface area contributed by atoms with Gasteiger partial charge in [0, 0.05) is 0 Å². The molecule has 0 aliphatic heterocycles. The van der Waals surface area contributed by atoms with Crippen LogP contribution in [0.15, 0.2) is 36.7 Å². The first-order chi connectivity index (χ1) is 10.8. The molecule has 0 aliphatic carbocycles. The van der Waals surface area contributed by atoms with Crippen molar-refractivity contribution in [1.82, 2.24) is 19.9 Å². The molecule has 4 rings (SSSR count). The Labute approximate surface area is 125 Å². The van der Waals surface area contributed by atoms with Gasteiger partial charge in [-0.3, -0.25) is 0 Å². The molecule has 6 heteroatoms. The number of methoxy groups -OCH3 is 1. The lowest BCUT2D eigenvalue weighted by molar-refractivity contribution is 0.416. The smallest absolute Gasteiger partial charge is 0.142 e. The van der Waals surface area contributed by atoms with Gasteiger partial charge in [0.15, 0.2) is 0 Å². The van der Waals surface area contributed by atoms with Crippen LogP contribution in [0.4, 0.5) is 0 Å². The number of rotatable bonds is 2. The maximum absolute atomic E-state index is 8.98. The monoisotopic (exact) mass is 289 g/mol. The van der Waals surface area contributed by atoms with Crippen molar-refractivity contribution in [2.45, 2.75) is 0 Å². The summed E-state index contributed by atoms with van der Waals surface area (Å²) in [5.41, 5.74) is 4.94. The summed E-state index contributed by atoms with van der Waals surface area (Å²) in [5, 5.41) is 8.98. The highest BCUT2D eigenvalue weighted by molar-refractivity contribution is 5.92. The molecular formula is C16H11N5O. The number of aromatic amines is 2. The summed E-state index contributed by atoms with van der Waals surface area (Å²) in [6.45, 7) is 0. The zero-order valence-electron chi connectivity index (χ0n) is 11.7. The number of ether oxygens (including phenoxy) is 1. The van der Waals surface area contributed by atoms with Crippen molar-refractivity contribution in [2.24, 2.45) is 0 Å². The molecule has 4 aromatic rings. The van der Waals surface area contributed by atoms with E-state index in [2.05, 4.69) is 26.0 Å². The number of nitrogens with zero attached hydrogens (tertiary/aromatic N) is 3.